The Morgan fingerprint density at radius 2 is 0.545 bits per heavy atom. The molecule has 0 aromatic heterocycles. The lowest BCUT2D eigenvalue weighted by atomic mass is 10.0. The second-order valence-corrected chi connectivity index (χ2v) is 9.54. The zero-order chi connectivity index (χ0) is 42.4. The summed E-state index contributed by atoms with van der Waals surface area (Å²) in [5, 5.41) is 0. The molecule has 0 aliphatic heterocycles. The molecule has 0 fully saturated rings. The third-order valence-electron chi connectivity index (χ3n) is 7.10. The molecule has 2 heteroatoms. The summed E-state index contributed by atoms with van der Waals surface area (Å²) in [7, 11) is 2.10. The SMILES string of the molecule is CC.CC.CC.CC.CC.CC.CC.CC.CN(c1ccccc1)c1ccc(-c2ccc(N(c3ccccc3)c3ccccc3-c3ccccc3)cc2)cc1. The number of nitrogens with zero attached hydrogens (tertiary/aromatic N) is 2. The second kappa shape index (κ2) is 37.2. The number of hydrogen-bond acceptors (Lipinski definition) is 2. The van der Waals surface area contributed by atoms with Crippen molar-refractivity contribution in [2.75, 3.05) is 16.8 Å². The standard InChI is InChI=1S/C37H30N2.8C2H6/c1-38(32-15-7-3-8-16-32)33-25-21-29(22-26-33)30-23-27-35(28-24-30)39(34-17-9-4-10-18-34)37-20-12-11-19-36(37)31-13-5-2-6-14-31;8*1-2/h2-28H,1H3;8*1-2H3. The third kappa shape index (κ3) is 17.7. The predicted octanol–water partition coefficient (Wildman–Crippen LogP) is 18.5. The monoisotopic (exact) mass is 743 g/mol. The first-order valence-corrected chi connectivity index (χ1v) is 21.3. The summed E-state index contributed by atoms with van der Waals surface area (Å²) < 4.78 is 0. The van der Waals surface area contributed by atoms with E-state index in [1.54, 1.807) is 0 Å². The number of para-hydroxylation sites is 3. The van der Waals surface area contributed by atoms with Crippen molar-refractivity contribution >= 4 is 28.4 Å². The lowest BCUT2D eigenvalue weighted by molar-refractivity contribution is 1.21. The second-order valence-electron chi connectivity index (χ2n) is 9.54. The number of hydrogen-bond donors (Lipinski definition) is 0. The van der Waals surface area contributed by atoms with Crippen LogP contribution >= 0.6 is 0 Å². The van der Waals surface area contributed by atoms with E-state index in [0.717, 1.165) is 22.7 Å². The predicted molar refractivity (Wildman–Crippen MR) is 257 cm³/mol. The molecule has 0 amide bonds. The molecule has 0 bridgehead atoms. The first-order chi connectivity index (χ1) is 27.3. The Morgan fingerprint density at radius 3 is 0.964 bits per heavy atom. The highest BCUT2D eigenvalue weighted by Gasteiger charge is 2.16. The third-order valence-corrected chi connectivity index (χ3v) is 7.10. The Bertz CT molecular complexity index is 1630. The fourth-order valence-electron chi connectivity index (χ4n) is 5.02. The molecule has 6 aromatic carbocycles. The lowest BCUT2D eigenvalue weighted by Crippen LogP contribution is -2.11. The molecule has 0 N–H and O–H groups in total. The van der Waals surface area contributed by atoms with Gasteiger partial charge in [-0.05, 0) is 71.3 Å². The van der Waals surface area contributed by atoms with E-state index in [1.807, 2.05) is 117 Å². The van der Waals surface area contributed by atoms with Gasteiger partial charge >= 0.3 is 0 Å². The molecule has 55 heavy (non-hydrogen) atoms. The van der Waals surface area contributed by atoms with Gasteiger partial charge in [0.05, 0.1) is 5.69 Å². The summed E-state index contributed by atoms with van der Waals surface area (Å²) in [5.41, 5.74) is 10.5. The van der Waals surface area contributed by atoms with Gasteiger partial charge in [-0.15, -0.1) is 0 Å². The summed E-state index contributed by atoms with van der Waals surface area (Å²) in [5.74, 6) is 0. The van der Waals surface area contributed by atoms with Gasteiger partial charge in [0.2, 0.25) is 0 Å². The maximum Gasteiger partial charge on any atom is 0.0540 e. The molecule has 2 nitrogen and oxygen atoms in total. The molecule has 0 unspecified atom stereocenters. The summed E-state index contributed by atoms with van der Waals surface area (Å²) in [6.07, 6.45) is 0. The quantitative estimate of drug-likeness (QED) is 0.161. The van der Waals surface area contributed by atoms with Gasteiger partial charge in [-0.3, -0.25) is 0 Å². The van der Waals surface area contributed by atoms with Crippen LogP contribution in [-0.2, 0) is 0 Å². The van der Waals surface area contributed by atoms with Gasteiger partial charge in [0.15, 0.2) is 0 Å². The Hall–Kier alpha value is -5.08. The zero-order valence-electron chi connectivity index (χ0n) is 38.0. The molecule has 6 rings (SSSR count). The van der Waals surface area contributed by atoms with Crippen LogP contribution in [-0.4, -0.2) is 7.05 Å². The zero-order valence-corrected chi connectivity index (χ0v) is 38.0. The molecule has 0 aliphatic rings. The number of anilines is 5. The van der Waals surface area contributed by atoms with E-state index in [0.29, 0.717) is 0 Å². The molecule has 0 atom stereocenters. The summed E-state index contributed by atoms with van der Waals surface area (Å²) in [6, 6.07) is 57.8. The first-order valence-electron chi connectivity index (χ1n) is 21.3. The van der Waals surface area contributed by atoms with E-state index in [9.17, 15) is 0 Å². The van der Waals surface area contributed by atoms with Crippen molar-refractivity contribution in [3.8, 4) is 22.3 Å². The molecule has 0 heterocycles. The molecule has 6 aromatic rings. The molecule has 0 saturated heterocycles. The minimum atomic E-state index is 1.12. The summed E-state index contributed by atoms with van der Waals surface area (Å²) in [4.78, 5) is 4.54. The largest absolute Gasteiger partial charge is 0.345 e. The molecule has 300 valence electrons. The highest BCUT2D eigenvalue weighted by molar-refractivity contribution is 5.88. The van der Waals surface area contributed by atoms with Crippen LogP contribution in [0.2, 0.25) is 0 Å². The van der Waals surface area contributed by atoms with E-state index < -0.39 is 0 Å². The maximum absolute atomic E-state index is 2.34. The van der Waals surface area contributed by atoms with Gasteiger partial charge in [0, 0.05) is 35.4 Å². The first kappa shape index (κ1) is 54.3. The van der Waals surface area contributed by atoms with Gasteiger partial charge in [0.1, 0.15) is 0 Å². The average molecular weight is 743 g/mol. The van der Waals surface area contributed by atoms with E-state index in [1.165, 1.54) is 27.9 Å². The Morgan fingerprint density at radius 1 is 0.255 bits per heavy atom. The van der Waals surface area contributed by atoms with Crippen molar-refractivity contribution in [2.45, 2.75) is 111 Å². The Kier molecular flexibility index (Phi) is 36.7. The van der Waals surface area contributed by atoms with Crippen molar-refractivity contribution in [3.63, 3.8) is 0 Å². The van der Waals surface area contributed by atoms with Gasteiger partial charge in [-0.25, -0.2) is 0 Å². The fourth-order valence-corrected chi connectivity index (χ4v) is 5.02. The van der Waals surface area contributed by atoms with Crippen LogP contribution in [0.3, 0.4) is 0 Å². The van der Waals surface area contributed by atoms with Crippen molar-refractivity contribution in [1.29, 1.82) is 0 Å². The Balaban J connectivity index is -0.00000151. The van der Waals surface area contributed by atoms with Crippen LogP contribution in [0.4, 0.5) is 28.4 Å². The van der Waals surface area contributed by atoms with Crippen LogP contribution < -0.4 is 9.80 Å². The van der Waals surface area contributed by atoms with Gasteiger partial charge < -0.3 is 9.80 Å². The lowest BCUT2D eigenvalue weighted by Gasteiger charge is -2.28. The van der Waals surface area contributed by atoms with Gasteiger partial charge in [-0.1, -0.05) is 220 Å². The number of rotatable bonds is 7. The molecular weight excluding hydrogens is 665 g/mol. The molecule has 0 aliphatic carbocycles. The molecular formula is C53H78N2. The maximum atomic E-state index is 2.34. The Labute approximate surface area is 340 Å². The van der Waals surface area contributed by atoms with Crippen molar-refractivity contribution < 1.29 is 0 Å². The molecule has 0 saturated carbocycles. The van der Waals surface area contributed by atoms with Gasteiger partial charge in [-0.2, -0.15) is 0 Å². The fraction of sp³-hybridized carbons (Fsp3) is 0.321. The van der Waals surface area contributed by atoms with Crippen molar-refractivity contribution in [2.24, 2.45) is 0 Å². The number of benzene rings is 6. The molecule has 0 radical (unpaired) electrons. The van der Waals surface area contributed by atoms with E-state index in [-0.39, 0.29) is 0 Å². The van der Waals surface area contributed by atoms with Gasteiger partial charge in [0.25, 0.3) is 0 Å². The minimum absolute atomic E-state index is 1.12. The van der Waals surface area contributed by atoms with Crippen LogP contribution in [0.5, 0.6) is 0 Å². The van der Waals surface area contributed by atoms with Crippen molar-refractivity contribution in [3.05, 3.63) is 164 Å². The normalized spacial score (nSPS) is 8.45. The summed E-state index contributed by atoms with van der Waals surface area (Å²) >= 11 is 0. The van der Waals surface area contributed by atoms with Crippen LogP contribution in [0, 0.1) is 0 Å². The van der Waals surface area contributed by atoms with E-state index in [2.05, 4.69) is 175 Å². The average Bonchev–Trinajstić information content (AvgIpc) is 3.33. The summed E-state index contributed by atoms with van der Waals surface area (Å²) in [6.45, 7) is 32.0. The highest BCUT2D eigenvalue weighted by Crippen LogP contribution is 2.41. The van der Waals surface area contributed by atoms with E-state index >= 15 is 0 Å². The van der Waals surface area contributed by atoms with E-state index in [4.69, 9.17) is 0 Å². The minimum Gasteiger partial charge on any atom is -0.345 e. The van der Waals surface area contributed by atoms with Crippen LogP contribution in [0.15, 0.2) is 164 Å². The van der Waals surface area contributed by atoms with Crippen LogP contribution in [0.25, 0.3) is 22.3 Å². The smallest absolute Gasteiger partial charge is 0.0540 e. The highest BCUT2D eigenvalue weighted by atomic mass is 15.1. The van der Waals surface area contributed by atoms with Crippen LogP contribution in [0.1, 0.15) is 111 Å². The molecule has 0 spiro atoms. The topological polar surface area (TPSA) is 6.48 Å². The van der Waals surface area contributed by atoms with Crippen molar-refractivity contribution in [1.82, 2.24) is 0 Å².